The highest BCUT2D eigenvalue weighted by molar-refractivity contribution is 5.68. The van der Waals surface area contributed by atoms with Gasteiger partial charge in [0.2, 0.25) is 0 Å². The van der Waals surface area contributed by atoms with Gasteiger partial charge in [0.1, 0.15) is 17.6 Å². The van der Waals surface area contributed by atoms with E-state index < -0.39 is 24.3 Å². The van der Waals surface area contributed by atoms with Crippen LogP contribution in [0.3, 0.4) is 0 Å². The van der Waals surface area contributed by atoms with Crippen LogP contribution in [0.5, 0.6) is 11.5 Å². The largest absolute Gasteiger partial charge is 0.486 e. The van der Waals surface area contributed by atoms with Crippen molar-refractivity contribution in [1.29, 1.82) is 0 Å². The van der Waals surface area contributed by atoms with Crippen LogP contribution in [0, 0.1) is 0 Å². The Morgan fingerprint density at radius 1 is 0.972 bits per heavy atom. The van der Waals surface area contributed by atoms with E-state index in [4.69, 9.17) is 14.6 Å². The van der Waals surface area contributed by atoms with Crippen LogP contribution in [-0.4, -0.2) is 29.1 Å². The Hall–Kier alpha value is -3.52. The zero-order valence-electron chi connectivity index (χ0n) is 19.6. The standard InChI is InChI=1S/C28H26F3NO4/c29-28(30,31)25-11-9-23-22(24(25)16-32-14-13-18-3-1-2-4-19(18)15-32)10-12-26(23)36-21-7-5-20(6-8-21)35-17-27(33)34/h1-9,11,26H,10,12-17H2,(H,33,34)/t26-/m1/s1. The number of carboxylic acid groups (broad SMARTS) is 1. The highest BCUT2D eigenvalue weighted by Gasteiger charge is 2.38. The molecule has 0 spiro atoms. The molecule has 1 atom stereocenters. The zero-order valence-corrected chi connectivity index (χ0v) is 19.6. The van der Waals surface area contributed by atoms with E-state index in [1.807, 2.05) is 18.2 Å². The molecule has 188 valence electrons. The minimum atomic E-state index is -4.43. The van der Waals surface area contributed by atoms with Gasteiger partial charge in [-0.2, -0.15) is 13.2 Å². The summed E-state index contributed by atoms with van der Waals surface area (Å²) in [6, 6.07) is 17.4. The Bertz CT molecular complexity index is 1260. The fraction of sp³-hybridized carbons (Fsp3) is 0.321. The Labute approximate surface area is 207 Å². The van der Waals surface area contributed by atoms with Crippen molar-refractivity contribution in [3.05, 3.63) is 94.0 Å². The maximum absolute atomic E-state index is 14.0. The smallest absolute Gasteiger partial charge is 0.416 e. The Morgan fingerprint density at radius 2 is 1.69 bits per heavy atom. The molecule has 8 heteroatoms. The molecule has 1 aliphatic heterocycles. The third-order valence-corrected chi connectivity index (χ3v) is 6.83. The number of alkyl halides is 3. The van der Waals surface area contributed by atoms with Crippen LogP contribution < -0.4 is 9.47 Å². The van der Waals surface area contributed by atoms with Crippen molar-refractivity contribution in [2.75, 3.05) is 13.2 Å². The number of hydrogen-bond acceptors (Lipinski definition) is 4. The quantitative estimate of drug-likeness (QED) is 0.448. The molecular weight excluding hydrogens is 471 g/mol. The highest BCUT2D eigenvalue weighted by Crippen LogP contribution is 2.43. The number of carbonyl (C=O) groups is 1. The van der Waals surface area contributed by atoms with E-state index in [1.54, 1.807) is 30.3 Å². The molecule has 5 nitrogen and oxygen atoms in total. The maximum atomic E-state index is 14.0. The maximum Gasteiger partial charge on any atom is 0.416 e. The van der Waals surface area contributed by atoms with Gasteiger partial charge in [-0.15, -0.1) is 0 Å². The third kappa shape index (κ3) is 5.18. The summed E-state index contributed by atoms with van der Waals surface area (Å²) in [6.07, 6.45) is -2.85. The number of carboxylic acids is 1. The number of fused-ring (bicyclic) bond motifs is 2. The molecule has 3 aromatic rings. The molecule has 36 heavy (non-hydrogen) atoms. The van der Waals surface area contributed by atoms with Crippen molar-refractivity contribution < 1.29 is 32.5 Å². The second kappa shape index (κ2) is 9.85. The van der Waals surface area contributed by atoms with Gasteiger partial charge in [0.05, 0.1) is 5.56 Å². The fourth-order valence-corrected chi connectivity index (χ4v) is 5.14. The van der Waals surface area contributed by atoms with Gasteiger partial charge in [0.15, 0.2) is 6.61 Å². The third-order valence-electron chi connectivity index (χ3n) is 6.83. The summed E-state index contributed by atoms with van der Waals surface area (Å²) in [7, 11) is 0. The summed E-state index contributed by atoms with van der Waals surface area (Å²) in [4.78, 5) is 12.8. The van der Waals surface area contributed by atoms with Crippen LogP contribution in [0.4, 0.5) is 13.2 Å². The molecule has 1 aliphatic carbocycles. The molecule has 0 unspecified atom stereocenters. The number of hydrogen-bond donors (Lipinski definition) is 1. The molecule has 1 heterocycles. The monoisotopic (exact) mass is 497 g/mol. The topological polar surface area (TPSA) is 59.0 Å². The average Bonchev–Trinajstić information content (AvgIpc) is 3.26. The van der Waals surface area contributed by atoms with Gasteiger partial charge in [-0.05, 0) is 77.4 Å². The lowest BCUT2D eigenvalue weighted by Gasteiger charge is -2.30. The van der Waals surface area contributed by atoms with Crippen molar-refractivity contribution in [3.63, 3.8) is 0 Å². The van der Waals surface area contributed by atoms with Crippen LogP contribution in [0.15, 0.2) is 60.7 Å². The molecule has 0 amide bonds. The number of halogens is 3. The van der Waals surface area contributed by atoms with Gasteiger partial charge in [-0.25, -0.2) is 4.79 Å². The molecular formula is C28H26F3NO4. The number of rotatable bonds is 7. The molecule has 0 bridgehead atoms. The summed E-state index contributed by atoms with van der Waals surface area (Å²) in [6.45, 7) is 1.15. The van der Waals surface area contributed by atoms with Gasteiger partial charge < -0.3 is 14.6 Å². The van der Waals surface area contributed by atoms with Crippen molar-refractivity contribution in [2.45, 2.75) is 44.6 Å². The van der Waals surface area contributed by atoms with Gasteiger partial charge >= 0.3 is 12.1 Å². The Balaban J connectivity index is 1.37. The van der Waals surface area contributed by atoms with Crippen molar-refractivity contribution in [2.24, 2.45) is 0 Å². The number of aliphatic carboxylic acids is 1. The van der Waals surface area contributed by atoms with E-state index in [1.165, 1.54) is 17.2 Å². The first-order valence-electron chi connectivity index (χ1n) is 11.9. The lowest BCUT2D eigenvalue weighted by molar-refractivity contribution is -0.139. The molecule has 3 aromatic carbocycles. The lowest BCUT2D eigenvalue weighted by atomic mass is 9.94. The fourth-order valence-electron chi connectivity index (χ4n) is 5.14. The van der Waals surface area contributed by atoms with E-state index in [9.17, 15) is 18.0 Å². The van der Waals surface area contributed by atoms with Crippen LogP contribution in [0.25, 0.3) is 0 Å². The van der Waals surface area contributed by atoms with Crippen LogP contribution >= 0.6 is 0 Å². The normalized spacial score (nSPS) is 17.4. The molecule has 2 aliphatic rings. The van der Waals surface area contributed by atoms with Crippen molar-refractivity contribution in [1.82, 2.24) is 4.90 Å². The summed E-state index contributed by atoms with van der Waals surface area (Å²) < 4.78 is 53.3. The number of ether oxygens (including phenoxy) is 2. The van der Waals surface area contributed by atoms with E-state index in [0.29, 0.717) is 43.0 Å². The number of nitrogens with zero attached hydrogens (tertiary/aromatic N) is 1. The van der Waals surface area contributed by atoms with E-state index in [2.05, 4.69) is 11.0 Å². The summed E-state index contributed by atoms with van der Waals surface area (Å²) in [5.74, 6) is -0.123. The predicted molar refractivity (Wildman–Crippen MR) is 127 cm³/mol. The highest BCUT2D eigenvalue weighted by atomic mass is 19.4. The zero-order chi connectivity index (χ0) is 25.3. The molecule has 0 fully saturated rings. The predicted octanol–water partition coefficient (Wildman–Crippen LogP) is 5.79. The summed E-state index contributed by atoms with van der Waals surface area (Å²) in [5.41, 5.74) is 3.73. The summed E-state index contributed by atoms with van der Waals surface area (Å²) >= 11 is 0. The van der Waals surface area contributed by atoms with E-state index in [0.717, 1.165) is 17.5 Å². The SMILES string of the molecule is O=C(O)COc1ccc(O[C@@H]2CCc3c2ccc(C(F)(F)F)c3CN2CCc3ccccc3C2)cc1. The molecule has 0 saturated heterocycles. The van der Waals surface area contributed by atoms with Gasteiger partial charge in [0, 0.05) is 19.6 Å². The first kappa shape index (κ1) is 24.2. The minimum Gasteiger partial charge on any atom is -0.486 e. The molecule has 0 aromatic heterocycles. The lowest BCUT2D eigenvalue weighted by Crippen LogP contribution is -2.31. The molecule has 0 saturated carbocycles. The van der Waals surface area contributed by atoms with Crippen LogP contribution in [-0.2, 0) is 36.9 Å². The second-order valence-corrected chi connectivity index (χ2v) is 9.19. The molecule has 5 rings (SSSR count). The summed E-state index contributed by atoms with van der Waals surface area (Å²) in [5, 5.41) is 8.73. The number of benzene rings is 3. The minimum absolute atomic E-state index is 0.245. The Kier molecular flexibility index (Phi) is 6.62. The average molecular weight is 498 g/mol. The van der Waals surface area contributed by atoms with E-state index >= 15 is 0 Å². The van der Waals surface area contributed by atoms with Crippen LogP contribution in [0.1, 0.15) is 45.9 Å². The van der Waals surface area contributed by atoms with Gasteiger partial charge in [0.25, 0.3) is 0 Å². The van der Waals surface area contributed by atoms with Crippen LogP contribution in [0.2, 0.25) is 0 Å². The van der Waals surface area contributed by atoms with Gasteiger partial charge in [-0.3, -0.25) is 4.90 Å². The Morgan fingerprint density at radius 3 is 2.42 bits per heavy atom. The van der Waals surface area contributed by atoms with Gasteiger partial charge in [-0.1, -0.05) is 30.3 Å². The van der Waals surface area contributed by atoms with E-state index in [-0.39, 0.29) is 12.6 Å². The second-order valence-electron chi connectivity index (χ2n) is 9.19. The first-order chi connectivity index (χ1) is 17.3. The first-order valence-corrected chi connectivity index (χ1v) is 11.9. The van der Waals surface area contributed by atoms with Crippen molar-refractivity contribution in [3.8, 4) is 11.5 Å². The molecule has 0 radical (unpaired) electrons. The van der Waals surface area contributed by atoms with Crippen molar-refractivity contribution >= 4 is 5.97 Å². The molecule has 1 N–H and O–H groups in total.